The summed E-state index contributed by atoms with van der Waals surface area (Å²) in [7, 11) is -2.97. The minimum Gasteiger partial charge on any atom is -0.497 e. The molecule has 6 atom stereocenters. The summed E-state index contributed by atoms with van der Waals surface area (Å²) in [5.74, 6) is -3.48. The second-order valence-electron chi connectivity index (χ2n) is 21.9. The molecule has 1 aromatic heterocycles. The van der Waals surface area contributed by atoms with Gasteiger partial charge in [-0.25, -0.2) is 28.3 Å². The predicted octanol–water partition coefficient (Wildman–Crippen LogP) is 4.93. The second-order valence-corrected chi connectivity index (χ2v) is 23.1. The smallest absolute Gasteiger partial charge is 0.408 e. The van der Waals surface area contributed by atoms with Gasteiger partial charge in [-0.05, 0) is 134 Å². The van der Waals surface area contributed by atoms with E-state index in [1.54, 1.807) is 73.0 Å². The summed E-state index contributed by atoms with van der Waals surface area (Å²) < 4.78 is 66.7. The van der Waals surface area contributed by atoms with E-state index in [9.17, 15) is 37.2 Å². The number of carboxylic acid groups (broad SMARTS) is 1. The van der Waals surface area contributed by atoms with Gasteiger partial charge >= 0.3 is 28.5 Å². The van der Waals surface area contributed by atoms with Crippen molar-refractivity contribution in [3.63, 3.8) is 0 Å². The van der Waals surface area contributed by atoms with E-state index in [-0.39, 0.29) is 43.0 Å². The molecular formula is C51H74N6O16S. The van der Waals surface area contributed by atoms with Crippen LogP contribution >= 0.6 is 0 Å². The summed E-state index contributed by atoms with van der Waals surface area (Å²) in [5.41, 5.74) is -4.03. The molecule has 4 heterocycles. The number of fused-ring (bicyclic) bond motifs is 1. The van der Waals surface area contributed by atoms with Crippen molar-refractivity contribution in [1.29, 1.82) is 0 Å². The van der Waals surface area contributed by atoms with Crippen LogP contribution in [0.4, 0.5) is 9.59 Å². The number of aromatic nitrogens is 1. The van der Waals surface area contributed by atoms with Gasteiger partial charge < -0.3 is 54.4 Å². The summed E-state index contributed by atoms with van der Waals surface area (Å²) in [6, 6.07) is 4.03. The molecule has 3 aliphatic heterocycles. The normalized spacial score (nSPS) is 23.7. The number of likely N-dealkylation sites (tertiary alicyclic amines) is 1. The molecule has 0 unspecified atom stereocenters. The number of ether oxygens (including phenoxy) is 6. The number of carboxylic acids is 1. The Morgan fingerprint density at radius 1 is 0.878 bits per heavy atom. The van der Waals surface area contributed by atoms with Gasteiger partial charge in [0.1, 0.15) is 46.7 Å². The number of amides is 5. The number of benzene rings is 1. The number of alkyl carbamates (subject to hydrolysis) is 2. The average Bonchev–Trinajstić information content (AvgIpc) is 4.22. The summed E-state index contributed by atoms with van der Waals surface area (Å²) in [6.07, 6.45) is 4.17. The first-order valence-corrected chi connectivity index (χ1v) is 26.6. The van der Waals surface area contributed by atoms with Crippen molar-refractivity contribution in [2.24, 2.45) is 23.7 Å². The summed E-state index contributed by atoms with van der Waals surface area (Å²) in [4.78, 5) is 84.6. The van der Waals surface area contributed by atoms with Gasteiger partial charge in [0.25, 0.3) is 5.91 Å². The van der Waals surface area contributed by atoms with Crippen LogP contribution in [0.2, 0.25) is 0 Å². The summed E-state index contributed by atoms with van der Waals surface area (Å²) >= 11 is 0. The van der Waals surface area contributed by atoms with Gasteiger partial charge in [0.15, 0.2) is 0 Å². The number of carbonyl (C=O) groups excluding carboxylic acids is 5. The predicted molar refractivity (Wildman–Crippen MR) is 268 cm³/mol. The topological polar surface area (TPSA) is 286 Å². The standard InChI is InChI=1S/C39H53N5O11S.C12H21NO5/c1-8-26-21-39(26,35(47)43-56(49,50)55-38(14-15-38)23(2)3)42-32(45)30-20-28(53-33-29-10-9-27(51-7)19-25(29)11-16-40-33)22-44(30)34(46)31(24-12-17-52-18-13-24)41-36(48)54-37(4,5)6;1-12(2,3)18-11(16)13-9(10(14)15)8-4-6-17-7-5-8/h8-11,16,19,23-24,26,28,30-31H,1,12-15,17-18,20-22H2,2-7H3,(H,41,48)(H,42,45)(H,43,47);8-9H,4-7H2,1-3H3,(H,13,16)(H,14,15)/t26-,28-,30+,31+,39-;9-/m10/s1. The number of methoxy groups -OCH3 is 1. The minimum atomic E-state index is -4.54. The maximum Gasteiger partial charge on any atom is 0.408 e. The van der Waals surface area contributed by atoms with E-state index in [4.69, 9.17) is 37.7 Å². The molecule has 0 spiro atoms. The quantitative estimate of drug-likeness (QED) is 0.131. The zero-order valence-corrected chi connectivity index (χ0v) is 44.7. The van der Waals surface area contributed by atoms with E-state index in [2.05, 4.69) is 27.5 Å². The van der Waals surface area contributed by atoms with Crippen LogP contribution in [0.25, 0.3) is 10.8 Å². The number of hydrogen-bond donors (Lipinski definition) is 5. The lowest BCUT2D eigenvalue weighted by molar-refractivity contribution is -0.142. The van der Waals surface area contributed by atoms with Crippen molar-refractivity contribution in [3.8, 4) is 11.6 Å². The molecule has 1 aromatic carbocycles. The van der Waals surface area contributed by atoms with Gasteiger partial charge in [-0.3, -0.25) is 14.4 Å². The zero-order valence-electron chi connectivity index (χ0n) is 43.9. The highest BCUT2D eigenvalue weighted by Crippen LogP contribution is 2.48. The molecule has 2 aromatic rings. The van der Waals surface area contributed by atoms with Gasteiger partial charge in [-0.15, -0.1) is 6.58 Å². The number of aliphatic carboxylic acids is 1. The molecule has 5 amide bonds. The van der Waals surface area contributed by atoms with E-state index >= 15 is 0 Å². The molecule has 5 fully saturated rings. The third-order valence-corrected chi connectivity index (χ3v) is 14.7. The molecule has 410 valence electrons. The van der Waals surface area contributed by atoms with E-state index in [0.29, 0.717) is 76.1 Å². The largest absolute Gasteiger partial charge is 0.497 e. The highest BCUT2D eigenvalue weighted by molar-refractivity contribution is 7.85. The highest BCUT2D eigenvalue weighted by atomic mass is 32.2. The van der Waals surface area contributed by atoms with Crippen LogP contribution in [0.5, 0.6) is 11.6 Å². The second kappa shape index (κ2) is 23.4. The van der Waals surface area contributed by atoms with Crippen molar-refractivity contribution in [1.82, 2.24) is 30.6 Å². The molecule has 5 N–H and O–H groups in total. The number of rotatable bonds is 17. The van der Waals surface area contributed by atoms with Crippen LogP contribution in [-0.2, 0) is 52.6 Å². The molecule has 2 saturated carbocycles. The fraction of sp³-hybridized carbons (Fsp3) is 0.667. The van der Waals surface area contributed by atoms with Crippen LogP contribution in [0.3, 0.4) is 0 Å². The Bertz CT molecular complexity index is 2500. The molecule has 0 radical (unpaired) electrons. The molecule has 22 nitrogen and oxygen atoms in total. The van der Waals surface area contributed by atoms with Gasteiger partial charge in [0.2, 0.25) is 17.7 Å². The minimum absolute atomic E-state index is 0.00644. The number of carbonyl (C=O) groups is 6. The van der Waals surface area contributed by atoms with E-state index in [1.807, 2.05) is 24.6 Å². The summed E-state index contributed by atoms with van der Waals surface area (Å²) in [6.45, 7) is 19.6. The first kappa shape index (κ1) is 57.5. The first-order chi connectivity index (χ1) is 34.7. The third-order valence-electron chi connectivity index (χ3n) is 13.8. The molecule has 74 heavy (non-hydrogen) atoms. The van der Waals surface area contributed by atoms with Crippen LogP contribution in [0, 0.1) is 23.7 Å². The fourth-order valence-corrected chi connectivity index (χ4v) is 10.7. The highest BCUT2D eigenvalue weighted by Gasteiger charge is 2.62. The van der Waals surface area contributed by atoms with E-state index < -0.39 is 98.7 Å². The maximum absolute atomic E-state index is 14.7. The Hall–Kier alpha value is -5.78. The zero-order chi connectivity index (χ0) is 54.4. The number of pyridine rings is 1. The summed E-state index contributed by atoms with van der Waals surface area (Å²) in [5, 5.41) is 18.6. The van der Waals surface area contributed by atoms with Gasteiger partial charge in [-0.2, -0.15) is 8.42 Å². The average molecular weight is 1060 g/mol. The van der Waals surface area contributed by atoms with E-state index in [1.165, 1.54) is 11.0 Å². The van der Waals surface area contributed by atoms with Crippen molar-refractivity contribution < 1.29 is 74.9 Å². The van der Waals surface area contributed by atoms with Crippen molar-refractivity contribution >= 4 is 57.0 Å². The lowest BCUT2D eigenvalue weighted by Gasteiger charge is -2.35. The molecule has 2 aliphatic carbocycles. The Labute approximate surface area is 432 Å². The monoisotopic (exact) mass is 1060 g/mol. The Morgan fingerprint density at radius 2 is 1.45 bits per heavy atom. The number of hydrogen-bond acceptors (Lipinski definition) is 16. The van der Waals surface area contributed by atoms with Gasteiger partial charge in [-0.1, -0.05) is 19.9 Å². The molecule has 3 saturated heterocycles. The van der Waals surface area contributed by atoms with Crippen molar-refractivity contribution in [3.05, 3.63) is 43.1 Å². The van der Waals surface area contributed by atoms with Crippen LogP contribution in [-0.4, -0.2) is 146 Å². The Balaban J connectivity index is 0.000000419. The SMILES string of the molecule is C=C[C@@H]1C[C@]1(NC(=O)[C@@H]1C[C@@H](Oc2nccc3cc(OC)ccc23)CN1C(=O)[C@@H](NC(=O)OC(C)(C)C)C1CCOCC1)C(=O)NS(=O)(=O)OC1(C(C)C)CC1.CC(C)(C)OC(=O)N[C@H](C(=O)O)C1CCOCC1. The molecule has 7 rings (SSSR count). The third kappa shape index (κ3) is 15.0. The molecule has 0 bridgehead atoms. The van der Waals surface area contributed by atoms with Crippen molar-refractivity contribution in [2.45, 2.75) is 153 Å². The lowest BCUT2D eigenvalue weighted by atomic mass is 9.90. The molecule has 23 heteroatoms. The fourth-order valence-electron chi connectivity index (χ4n) is 9.45. The Kier molecular flexibility index (Phi) is 18.2. The lowest BCUT2D eigenvalue weighted by Crippen LogP contribution is -2.59. The maximum atomic E-state index is 14.7. The molecule has 5 aliphatic rings. The first-order valence-electron chi connectivity index (χ1n) is 25.2. The van der Waals surface area contributed by atoms with E-state index in [0.717, 1.165) is 5.39 Å². The van der Waals surface area contributed by atoms with Crippen LogP contribution in [0.1, 0.15) is 107 Å². The number of nitrogens with zero attached hydrogens (tertiary/aromatic N) is 2. The van der Waals surface area contributed by atoms with Gasteiger partial charge in [0, 0.05) is 50.3 Å². The van der Waals surface area contributed by atoms with Gasteiger partial charge in [0.05, 0.1) is 19.3 Å². The molecular weight excluding hydrogens is 985 g/mol. The number of nitrogens with one attached hydrogen (secondary N) is 4. The van der Waals surface area contributed by atoms with Crippen LogP contribution in [0.15, 0.2) is 43.1 Å². The Morgan fingerprint density at radius 3 is 1.95 bits per heavy atom. The van der Waals surface area contributed by atoms with Crippen molar-refractivity contribution in [2.75, 3.05) is 40.1 Å². The van der Waals surface area contributed by atoms with Crippen LogP contribution < -0.4 is 30.1 Å².